The fraction of sp³-hybridized carbons (Fsp3) is 0.385. The highest BCUT2D eigenvalue weighted by molar-refractivity contribution is 6.10. The number of amides is 2. The molecular weight excluding hydrogens is 216 g/mol. The highest BCUT2D eigenvalue weighted by Gasteiger charge is 2.30. The molecule has 17 heavy (non-hydrogen) atoms. The van der Waals surface area contributed by atoms with Crippen molar-refractivity contribution in [2.24, 2.45) is 0 Å². The van der Waals surface area contributed by atoms with Crippen molar-refractivity contribution in [2.45, 2.75) is 20.3 Å². The van der Waals surface area contributed by atoms with Crippen LogP contribution in [0.5, 0.6) is 0 Å². The molecule has 0 aliphatic carbocycles. The van der Waals surface area contributed by atoms with Gasteiger partial charge in [-0.05, 0) is 18.6 Å². The first-order valence-electron chi connectivity index (χ1n) is 5.82. The third-order valence-corrected chi connectivity index (χ3v) is 2.89. The number of benzene rings is 1. The molecule has 1 heterocycles. The van der Waals surface area contributed by atoms with E-state index < -0.39 is 0 Å². The van der Waals surface area contributed by atoms with Gasteiger partial charge >= 0.3 is 0 Å². The molecule has 2 amide bonds. The summed E-state index contributed by atoms with van der Waals surface area (Å²) in [6.45, 7) is 4.36. The van der Waals surface area contributed by atoms with Crippen LogP contribution in [0.2, 0.25) is 0 Å². The molecule has 1 aliphatic heterocycles. The van der Waals surface area contributed by atoms with Crippen LogP contribution >= 0.6 is 0 Å². The van der Waals surface area contributed by atoms with Crippen LogP contribution in [0.4, 0.5) is 11.4 Å². The van der Waals surface area contributed by atoms with Gasteiger partial charge in [0.1, 0.15) is 6.54 Å². The lowest BCUT2D eigenvalue weighted by atomic mass is 10.1. The van der Waals surface area contributed by atoms with E-state index in [1.54, 1.807) is 4.90 Å². The highest BCUT2D eigenvalue weighted by Crippen LogP contribution is 2.33. The van der Waals surface area contributed by atoms with Gasteiger partial charge in [-0.1, -0.05) is 19.1 Å². The predicted molar refractivity (Wildman–Crippen MR) is 67.1 cm³/mol. The number of hydrogen-bond acceptors (Lipinski definition) is 2. The number of rotatable bonds is 2. The number of nitrogens with zero attached hydrogens (tertiary/aromatic N) is 2. The Morgan fingerprint density at radius 2 is 1.94 bits per heavy atom. The highest BCUT2D eigenvalue weighted by atomic mass is 16.2. The van der Waals surface area contributed by atoms with Gasteiger partial charge in [0.25, 0.3) is 0 Å². The van der Waals surface area contributed by atoms with E-state index in [-0.39, 0.29) is 18.4 Å². The molecule has 0 unspecified atom stereocenters. The van der Waals surface area contributed by atoms with Gasteiger partial charge < -0.3 is 9.80 Å². The van der Waals surface area contributed by atoms with Gasteiger partial charge in [0.05, 0.1) is 11.4 Å². The van der Waals surface area contributed by atoms with Crippen molar-refractivity contribution >= 4 is 23.2 Å². The van der Waals surface area contributed by atoms with Gasteiger partial charge in [-0.3, -0.25) is 9.59 Å². The molecule has 1 aromatic carbocycles. The normalized spacial score (nSPS) is 14.8. The molecule has 0 fully saturated rings. The van der Waals surface area contributed by atoms with Crippen LogP contribution in [0.3, 0.4) is 0 Å². The molecule has 0 saturated heterocycles. The molecule has 0 atom stereocenters. The number of anilines is 2. The zero-order chi connectivity index (χ0) is 12.4. The molecule has 1 aliphatic rings. The maximum absolute atomic E-state index is 12.0. The summed E-state index contributed by atoms with van der Waals surface area (Å²) >= 11 is 0. The lowest BCUT2D eigenvalue weighted by molar-refractivity contribution is -0.121. The van der Waals surface area contributed by atoms with Crippen LogP contribution in [0.25, 0.3) is 0 Å². The molecule has 0 spiro atoms. The van der Waals surface area contributed by atoms with E-state index in [1.165, 1.54) is 11.8 Å². The molecule has 0 bridgehead atoms. The van der Waals surface area contributed by atoms with Crippen LogP contribution in [0, 0.1) is 0 Å². The lowest BCUT2D eigenvalue weighted by Crippen LogP contribution is -2.47. The first-order chi connectivity index (χ1) is 8.15. The van der Waals surface area contributed by atoms with Crippen molar-refractivity contribution in [3.63, 3.8) is 0 Å². The SMILES string of the molecule is CCCN1C(=O)CN(C(C)=O)c2ccccc21. The minimum atomic E-state index is -0.0954. The topological polar surface area (TPSA) is 40.6 Å². The minimum absolute atomic E-state index is 0.0132. The average molecular weight is 232 g/mol. The van der Waals surface area contributed by atoms with E-state index in [2.05, 4.69) is 0 Å². The summed E-state index contributed by atoms with van der Waals surface area (Å²) in [6, 6.07) is 7.54. The summed E-state index contributed by atoms with van der Waals surface area (Å²) in [7, 11) is 0. The van der Waals surface area contributed by atoms with Crippen molar-refractivity contribution in [1.29, 1.82) is 0 Å². The number of carbonyl (C=O) groups is 2. The summed E-state index contributed by atoms with van der Waals surface area (Å²) in [5, 5.41) is 0. The zero-order valence-electron chi connectivity index (χ0n) is 10.1. The van der Waals surface area contributed by atoms with Gasteiger partial charge in [0.15, 0.2) is 0 Å². The van der Waals surface area contributed by atoms with E-state index >= 15 is 0 Å². The Bertz CT molecular complexity index is 456. The molecule has 2 rings (SSSR count). The third kappa shape index (κ3) is 2.02. The van der Waals surface area contributed by atoms with Gasteiger partial charge in [0, 0.05) is 13.5 Å². The summed E-state index contributed by atoms with van der Waals surface area (Å²) < 4.78 is 0. The van der Waals surface area contributed by atoms with Crippen molar-refractivity contribution in [1.82, 2.24) is 0 Å². The Balaban J connectivity index is 2.47. The fourth-order valence-corrected chi connectivity index (χ4v) is 2.11. The smallest absolute Gasteiger partial charge is 0.247 e. The first-order valence-corrected chi connectivity index (χ1v) is 5.82. The van der Waals surface area contributed by atoms with Gasteiger partial charge in [-0.25, -0.2) is 0 Å². The van der Waals surface area contributed by atoms with Crippen molar-refractivity contribution in [3.05, 3.63) is 24.3 Å². The van der Waals surface area contributed by atoms with Crippen LogP contribution in [-0.4, -0.2) is 24.9 Å². The molecule has 0 N–H and O–H groups in total. The van der Waals surface area contributed by atoms with Gasteiger partial charge in [-0.15, -0.1) is 0 Å². The molecule has 4 heteroatoms. The number of para-hydroxylation sites is 2. The van der Waals surface area contributed by atoms with Crippen LogP contribution in [-0.2, 0) is 9.59 Å². The Morgan fingerprint density at radius 3 is 2.53 bits per heavy atom. The Hall–Kier alpha value is -1.84. The molecule has 0 aromatic heterocycles. The Kier molecular flexibility index (Phi) is 3.13. The van der Waals surface area contributed by atoms with Crippen molar-refractivity contribution in [3.8, 4) is 0 Å². The van der Waals surface area contributed by atoms with Gasteiger partial charge in [0.2, 0.25) is 11.8 Å². The number of hydrogen-bond donors (Lipinski definition) is 0. The third-order valence-electron chi connectivity index (χ3n) is 2.89. The van der Waals surface area contributed by atoms with Crippen LogP contribution < -0.4 is 9.80 Å². The van der Waals surface area contributed by atoms with Gasteiger partial charge in [-0.2, -0.15) is 0 Å². The molecule has 90 valence electrons. The predicted octanol–water partition coefficient (Wildman–Crippen LogP) is 1.80. The van der Waals surface area contributed by atoms with E-state index in [0.29, 0.717) is 6.54 Å². The summed E-state index contributed by atoms with van der Waals surface area (Å²) in [6.07, 6.45) is 0.903. The lowest BCUT2D eigenvalue weighted by Gasteiger charge is -2.35. The van der Waals surface area contributed by atoms with Crippen molar-refractivity contribution < 1.29 is 9.59 Å². The van der Waals surface area contributed by atoms with E-state index in [4.69, 9.17) is 0 Å². The largest absolute Gasteiger partial charge is 0.309 e. The first kappa shape index (κ1) is 11.6. The van der Waals surface area contributed by atoms with E-state index in [0.717, 1.165) is 17.8 Å². The van der Waals surface area contributed by atoms with Crippen LogP contribution in [0.15, 0.2) is 24.3 Å². The van der Waals surface area contributed by atoms with E-state index in [9.17, 15) is 9.59 Å². The maximum Gasteiger partial charge on any atom is 0.247 e. The Labute approximate surface area is 101 Å². The molecule has 0 radical (unpaired) electrons. The zero-order valence-corrected chi connectivity index (χ0v) is 10.1. The maximum atomic E-state index is 12.0. The Morgan fingerprint density at radius 1 is 1.29 bits per heavy atom. The summed E-state index contributed by atoms with van der Waals surface area (Å²) in [5.74, 6) is -0.109. The molecule has 0 saturated carbocycles. The molecular formula is C13H16N2O2. The summed E-state index contributed by atoms with van der Waals surface area (Å²) in [4.78, 5) is 26.8. The standard InChI is InChI=1S/C13H16N2O2/c1-3-8-14-11-6-4-5-7-12(11)15(10(2)16)9-13(14)17/h4-7H,3,8-9H2,1-2H3. The van der Waals surface area contributed by atoms with Crippen LogP contribution in [0.1, 0.15) is 20.3 Å². The fourth-order valence-electron chi connectivity index (χ4n) is 2.11. The minimum Gasteiger partial charge on any atom is -0.309 e. The average Bonchev–Trinajstić information content (AvgIpc) is 2.32. The second-order valence-corrected chi connectivity index (χ2v) is 4.14. The molecule has 1 aromatic rings. The molecule has 4 nitrogen and oxygen atoms in total. The number of carbonyl (C=O) groups excluding carboxylic acids is 2. The second kappa shape index (κ2) is 4.57. The summed E-state index contributed by atoms with van der Waals surface area (Å²) in [5.41, 5.74) is 1.66. The number of fused-ring (bicyclic) bond motifs is 1. The van der Waals surface area contributed by atoms with Crippen molar-refractivity contribution in [2.75, 3.05) is 22.9 Å². The quantitative estimate of drug-likeness (QED) is 0.780. The monoisotopic (exact) mass is 232 g/mol. The second-order valence-electron chi connectivity index (χ2n) is 4.14. The van der Waals surface area contributed by atoms with E-state index in [1.807, 2.05) is 31.2 Å².